The van der Waals surface area contributed by atoms with Gasteiger partial charge in [-0.25, -0.2) is 4.79 Å². The molecule has 0 saturated carbocycles. The van der Waals surface area contributed by atoms with Crippen molar-refractivity contribution < 1.29 is 9.52 Å². The van der Waals surface area contributed by atoms with Gasteiger partial charge < -0.3 is 9.52 Å². The van der Waals surface area contributed by atoms with Crippen LogP contribution in [0.25, 0.3) is 33.2 Å². The highest BCUT2D eigenvalue weighted by molar-refractivity contribution is 6.36. The number of rotatable bonds is 2. The van der Waals surface area contributed by atoms with Gasteiger partial charge in [-0.2, -0.15) is 0 Å². The van der Waals surface area contributed by atoms with E-state index >= 15 is 0 Å². The number of fused-ring (bicyclic) bond motifs is 1. The number of aromatic hydroxyl groups is 1. The maximum absolute atomic E-state index is 12.9. The molecule has 1 aromatic heterocycles. The lowest BCUT2D eigenvalue weighted by Gasteiger charge is -2.16. The summed E-state index contributed by atoms with van der Waals surface area (Å²) in [7, 11) is 0. The van der Waals surface area contributed by atoms with Gasteiger partial charge in [0, 0.05) is 20.6 Å². The van der Waals surface area contributed by atoms with Crippen LogP contribution in [-0.2, 0) is 0 Å². The Morgan fingerprint density at radius 1 is 0.767 bits per heavy atom. The van der Waals surface area contributed by atoms with Crippen LogP contribution in [0, 0.1) is 20.8 Å². The van der Waals surface area contributed by atoms with Crippen LogP contribution in [0.5, 0.6) is 5.75 Å². The summed E-state index contributed by atoms with van der Waals surface area (Å²) in [5.41, 5.74) is 3.93. The van der Waals surface area contributed by atoms with Gasteiger partial charge in [-0.1, -0.05) is 46.9 Å². The largest absolute Gasteiger partial charge is 0.506 e. The van der Waals surface area contributed by atoms with Crippen molar-refractivity contribution in [3.05, 3.63) is 84.6 Å². The van der Waals surface area contributed by atoms with Crippen LogP contribution >= 0.6 is 34.8 Å². The first-order valence-corrected chi connectivity index (χ1v) is 10.3. The minimum Gasteiger partial charge on any atom is -0.506 e. The zero-order valence-electron chi connectivity index (χ0n) is 16.4. The van der Waals surface area contributed by atoms with Gasteiger partial charge in [0.15, 0.2) is 0 Å². The van der Waals surface area contributed by atoms with Crippen molar-refractivity contribution in [3.8, 4) is 28.0 Å². The van der Waals surface area contributed by atoms with Gasteiger partial charge >= 0.3 is 5.63 Å². The van der Waals surface area contributed by atoms with E-state index in [-0.39, 0.29) is 11.3 Å². The molecule has 0 fully saturated rings. The van der Waals surface area contributed by atoms with Gasteiger partial charge in [-0.05, 0) is 78.9 Å². The summed E-state index contributed by atoms with van der Waals surface area (Å²) in [5.74, 6) is -0.179. The highest BCUT2D eigenvalue weighted by atomic mass is 35.5. The molecule has 0 unspecified atom stereocenters. The molecule has 0 amide bonds. The van der Waals surface area contributed by atoms with Gasteiger partial charge in [-0.15, -0.1) is 0 Å². The number of halogens is 3. The first-order valence-electron chi connectivity index (χ1n) is 9.21. The van der Waals surface area contributed by atoms with E-state index in [1.54, 1.807) is 37.3 Å². The highest BCUT2D eigenvalue weighted by Crippen LogP contribution is 2.45. The van der Waals surface area contributed by atoms with E-state index in [0.717, 1.165) is 16.7 Å². The topological polar surface area (TPSA) is 50.4 Å². The van der Waals surface area contributed by atoms with E-state index in [2.05, 4.69) is 0 Å². The highest BCUT2D eigenvalue weighted by Gasteiger charge is 2.24. The Hall–Kier alpha value is -2.46. The number of aryl methyl sites for hydroxylation is 3. The summed E-state index contributed by atoms with van der Waals surface area (Å²) in [6, 6.07) is 12.2. The van der Waals surface area contributed by atoms with Crippen molar-refractivity contribution in [2.24, 2.45) is 0 Å². The number of hydrogen-bond donors (Lipinski definition) is 1. The average Bonchev–Trinajstić information content (AvgIpc) is 2.65. The quantitative estimate of drug-likeness (QED) is 0.312. The molecule has 0 atom stereocenters. The Bertz CT molecular complexity index is 1390. The molecule has 0 bridgehead atoms. The van der Waals surface area contributed by atoms with Gasteiger partial charge in [0.2, 0.25) is 0 Å². The van der Waals surface area contributed by atoms with Crippen LogP contribution in [0.3, 0.4) is 0 Å². The second kappa shape index (κ2) is 7.66. The summed E-state index contributed by atoms with van der Waals surface area (Å²) in [6.45, 7) is 5.50. The Kier molecular flexibility index (Phi) is 5.31. The maximum Gasteiger partial charge on any atom is 0.348 e. The van der Waals surface area contributed by atoms with Crippen LogP contribution < -0.4 is 5.63 Å². The molecule has 0 aliphatic rings. The molecule has 30 heavy (non-hydrogen) atoms. The maximum atomic E-state index is 12.9. The van der Waals surface area contributed by atoms with Crippen LogP contribution in [0.15, 0.2) is 51.7 Å². The second-order valence-corrected chi connectivity index (χ2v) is 8.57. The van der Waals surface area contributed by atoms with Crippen molar-refractivity contribution in [1.29, 1.82) is 0 Å². The molecule has 0 aliphatic carbocycles. The van der Waals surface area contributed by atoms with E-state index in [1.165, 1.54) is 0 Å². The standard InChI is InChI=1S/C24H17Cl3O3/c1-11-8-14(25)4-6-16(11)19-18(27)10-13(3)23-21(19)22(28)20(24(29)30-23)17-7-5-15(26)9-12(17)2/h4-10,28H,1-3H3. The Balaban J connectivity index is 2.18. The number of benzene rings is 3. The van der Waals surface area contributed by atoms with Crippen LogP contribution in [0.1, 0.15) is 16.7 Å². The third-order valence-electron chi connectivity index (χ3n) is 5.21. The van der Waals surface area contributed by atoms with E-state index < -0.39 is 5.63 Å². The van der Waals surface area contributed by atoms with E-state index in [1.807, 2.05) is 26.0 Å². The lowest BCUT2D eigenvalue weighted by Crippen LogP contribution is -2.06. The normalized spacial score (nSPS) is 11.3. The molecule has 3 nitrogen and oxygen atoms in total. The SMILES string of the molecule is Cc1cc(Cl)ccc1-c1c(O)c2c(-c3ccc(Cl)cc3C)c(Cl)cc(C)c2oc1=O. The summed E-state index contributed by atoms with van der Waals surface area (Å²) >= 11 is 18.8. The Morgan fingerprint density at radius 3 is 1.83 bits per heavy atom. The molecule has 0 saturated heterocycles. The average molecular weight is 460 g/mol. The molecule has 152 valence electrons. The molecule has 1 N–H and O–H groups in total. The molecule has 6 heteroatoms. The lowest BCUT2D eigenvalue weighted by molar-refractivity contribution is 0.471. The first kappa shape index (κ1) is 20.8. The monoisotopic (exact) mass is 458 g/mol. The zero-order valence-corrected chi connectivity index (χ0v) is 18.7. The van der Waals surface area contributed by atoms with Gasteiger partial charge in [0.25, 0.3) is 0 Å². The van der Waals surface area contributed by atoms with Crippen LogP contribution in [-0.4, -0.2) is 5.11 Å². The van der Waals surface area contributed by atoms with Gasteiger partial charge in [0.1, 0.15) is 16.9 Å². The first-order chi connectivity index (χ1) is 14.2. The second-order valence-electron chi connectivity index (χ2n) is 7.29. The summed E-state index contributed by atoms with van der Waals surface area (Å²) in [4.78, 5) is 12.9. The fraction of sp³-hybridized carbons (Fsp3) is 0.125. The number of hydrogen-bond acceptors (Lipinski definition) is 3. The lowest BCUT2D eigenvalue weighted by atomic mass is 9.92. The minimum absolute atomic E-state index is 0.0752. The van der Waals surface area contributed by atoms with Crippen molar-refractivity contribution in [2.75, 3.05) is 0 Å². The zero-order chi connectivity index (χ0) is 21.7. The molecule has 0 spiro atoms. The van der Waals surface area contributed by atoms with Gasteiger partial charge in [-0.3, -0.25) is 0 Å². The summed E-state index contributed by atoms with van der Waals surface area (Å²) in [6.07, 6.45) is 0. The van der Waals surface area contributed by atoms with Crippen molar-refractivity contribution in [3.63, 3.8) is 0 Å². The molecule has 0 aliphatic heterocycles. The molecule has 4 aromatic rings. The molecule has 0 radical (unpaired) electrons. The Labute approximate surface area is 188 Å². The minimum atomic E-state index is -0.630. The van der Waals surface area contributed by atoms with Crippen LogP contribution in [0.2, 0.25) is 15.1 Å². The fourth-order valence-electron chi connectivity index (χ4n) is 3.80. The Morgan fingerprint density at radius 2 is 1.30 bits per heavy atom. The van der Waals surface area contributed by atoms with Crippen molar-refractivity contribution in [2.45, 2.75) is 20.8 Å². The van der Waals surface area contributed by atoms with E-state index in [0.29, 0.717) is 42.7 Å². The van der Waals surface area contributed by atoms with Gasteiger partial charge in [0.05, 0.1) is 5.39 Å². The van der Waals surface area contributed by atoms with Crippen molar-refractivity contribution >= 4 is 45.8 Å². The third kappa shape index (κ3) is 3.37. The van der Waals surface area contributed by atoms with Crippen LogP contribution in [0.4, 0.5) is 0 Å². The fourth-order valence-corrected chi connectivity index (χ4v) is 4.61. The molecule has 1 heterocycles. The third-order valence-corrected chi connectivity index (χ3v) is 5.97. The van der Waals surface area contributed by atoms with E-state index in [4.69, 9.17) is 39.2 Å². The summed E-state index contributed by atoms with van der Waals surface area (Å²) in [5, 5.41) is 13.3. The molecular weight excluding hydrogens is 443 g/mol. The van der Waals surface area contributed by atoms with E-state index in [9.17, 15) is 9.90 Å². The van der Waals surface area contributed by atoms with Crippen molar-refractivity contribution in [1.82, 2.24) is 0 Å². The smallest absolute Gasteiger partial charge is 0.348 e. The molecular formula is C24H17Cl3O3. The summed E-state index contributed by atoms with van der Waals surface area (Å²) < 4.78 is 5.69. The molecule has 4 rings (SSSR count). The molecule has 3 aromatic carbocycles. The predicted molar refractivity (Wildman–Crippen MR) is 124 cm³/mol. The predicted octanol–water partition coefficient (Wildman–Crippen LogP) is 7.72.